The van der Waals surface area contributed by atoms with E-state index in [1.807, 2.05) is 31.2 Å². The topological polar surface area (TPSA) is 52.0 Å². The van der Waals surface area contributed by atoms with Crippen molar-refractivity contribution in [2.45, 2.75) is 17.0 Å². The Kier molecular flexibility index (Phi) is 2.45. The maximum Gasteiger partial charge on any atom is 0.260 e. The van der Waals surface area contributed by atoms with Gasteiger partial charge in [-0.1, -0.05) is 12.1 Å². The van der Waals surface area contributed by atoms with E-state index in [0.717, 1.165) is 16.3 Å². The summed E-state index contributed by atoms with van der Waals surface area (Å²) >= 11 is 1.43. The van der Waals surface area contributed by atoms with Crippen molar-refractivity contribution in [3.63, 3.8) is 0 Å². The SMILES string of the molecule is Cc1coc(Sc2ccccc2N)n1. The highest BCUT2D eigenvalue weighted by Gasteiger charge is 2.05. The lowest BCUT2D eigenvalue weighted by Gasteiger charge is -2.00. The zero-order valence-corrected chi connectivity index (χ0v) is 8.54. The number of benzene rings is 1. The highest BCUT2D eigenvalue weighted by atomic mass is 32.2. The summed E-state index contributed by atoms with van der Waals surface area (Å²) in [4.78, 5) is 5.15. The number of hydrogen-bond donors (Lipinski definition) is 1. The van der Waals surface area contributed by atoms with Crippen molar-refractivity contribution in [2.24, 2.45) is 0 Å². The summed E-state index contributed by atoms with van der Waals surface area (Å²) in [6, 6.07) is 7.65. The van der Waals surface area contributed by atoms with Crippen LogP contribution in [0.15, 0.2) is 45.1 Å². The third-order valence-corrected chi connectivity index (χ3v) is 2.67. The van der Waals surface area contributed by atoms with Crippen molar-refractivity contribution in [2.75, 3.05) is 5.73 Å². The Morgan fingerprint density at radius 2 is 2.14 bits per heavy atom. The summed E-state index contributed by atoms with van der Waals surface area (Å²) in [5.41, 5.74) is 7.41. The molecule has 0 aliphatic heterocycles. The van der Waals surface area contributed by atoms with E-state index in [0.29, 0.717) is 5.22 Å². The largest absolute Gasteiger partial charge is 0.439 e. The number of rotatable bonds is 2. The third-order valence-electron chi connectivity index (χ3n) is 1.71. The number of nitrogens with two attached hydrogens (primary N) is 1. The molecule has 72 valence electrons. The molecule has 2 rings (SSSR count). The van der Waals surface area contributed by atoms with Gasteiger partial charge in [0, 0.05) is 10.6 Å². The van der Waals surface area contributed by atoms with Gasteiger partial charge in [0.2, 0.25) is 0 Å². The number of aryl methyl sites for hydroxylation is 1. The van der Waals surface area contributed by atoms with Gasteiger partial charge in [0.25, 0.3) is 5.22 Å². The summed E-state index contributed by atoms with van der Waals surface area (Å²) in [6.07, 6.45) is 1.63. The summed E-state index contributed by atoms with van der Waals surface area (Å²) in [5, 5.41) is 0.625. The predicted molar refractivity (Wildman–Crippen MR) is 56.2 cm³/mol. The number of anilines is 1. The monoisotopic (exact) mass is 206 g/mol. The zero-order chi connectivity index (χ0) is 9.97. The Morgan fingerprint density at radius 1 is 1.36 bits per heavy atom. The Morgan fingerprint density at radius 3 is 2.79 bits per heavy atom. The maximum absolute atomic E-state index is 5.78. The minimum atomic E-state index is 0.625. The summed E-state index contributed by atoms with van der Waals surface area (Å²) < 4.78 is 5.22. The molecule has 0 bridgehead atoms. The number of nitrogens with zero attached hydrogens (tertiary/aromatic N) is 1. The lowest BCUT2D eigenvalue weighted by molar-refractivity contribution is 0.454. The standard InChI is InChI=1S/C10H10N2OS/c1-7-6-13-10(12-7)14-9-5-3-2-4-8(9)11/h2-6H,11H2,1H3. The number of nitrogen functional groups attached to an aromatic ring is 1. The molecular weight excluding hydrogens is 196 g/mol. The van der Waals surface area contributed by atoms with Crippen LogP contribution in [0.2, 0.25) is 0 Å². The van der Waals surface area contributed by atoms with Gasteiger partial charge in [-0.25, -0.2) is 4.98 Å². The molecule has 0 saturated heterocycles. The lowest BCUT2D eigenvalue weighted by Crippen LogP contribution is -1.86. The number of aromatic nitrogens is 1. The molecule has 1 aromatic heterocycles. The number of oxazole rings is 1. The average Bonchev–Trinajstić information content (AvgIpc) is 2.56. The summed E-state index contributed by atoms with van der Waals surface area (Å²) in [7, 11) is 0. The van der Waals surface area contributed by atoms with Gasteiger partial charge in [0.1, 0.15) is 6.26 Å². The van der Waals surface area contributed by atoms with Gasteiger partial charge in [-0.05, 0) is 30.8 Å². The highest BCUT2D eigenvalue weighted by molar-refractivity contribution is 7.99. The van der Waals surface area contributed by atoms with Gasteiger partial charge in [-0.15, -0.1) is 0 Å². The van der Waals surface area contributed by atoms with E-state index in [1.165, 1.54) is 11.8 Å². The van der Waals surface area contributed by atoms with Crippen LogP contribution in [0.5, 0.6) is 0 Å². The van der Waals surface area contributed by atoms with Crippen molar-refractivity contribution in [3.8, 4) is 0 Å². The number of hydrogen-bond acceptors (Lipinski definition) is 4. The second-order valence-electron chi connectivity index (χ2n) is 2.89. The Balaban J connectivity index is 2.23. The van der Waals surface area contributed by atoms with E-state index in [9.17, 15) is 0 Å². The molecule has 1 heterocycles. The summed E-state index contributed by atoms with van der Waals surface area (Å²) in [6.45, 7) is 1.89. The molecule has 0 aliphatic rings. The molecule has 0 amide bonds. The second kappa shape index (κ2) is 3.75. The van der Waals surface area contributed by atoms with Crippen molar-refractivity contribution in [3.05, 3.63) is 36.2 Å². The van der Waals surface area contributed by atoms with Crippen LogP contribution < -0.4 is 5.73 Å². The van der Waals surface area contributed by atoms with Crippen LogP contribution >= 0.6 is 11.8 Å². The average molecular weight is 206 g/mol. The molecule has 2 aromatic rings. The fourth-order valence-corrected chi connectivity index (χ4v) is 1.85. The maximum atomic E-state index is 5.78. The first-order valence-corrected chi connectivity index (χ1v) is 5.02. The van der Waals surface area contributed by atoms with E-state index < -0.39 is 0 Å². The van der Waals surface area contributed by atoms with Crippen LogP contribution in [0.3, 0.4) is 0 Å². The predicted octanol–water partition coefficient (Wildman–Crippen LogP) is 2.72. The van der Waals surface area contributed by atoms with Crippen LogP contribution in [0.25, 0.3) is 0 Å². The Hall–Kier alpha value is -1.42. The first-order chi connectivity index (χ1) is 6.75. The van der Waals surface area contributed by atoms with E-state index in [1.54, 1.807) is 6.26 Å². The van der Waals surface area contributed by atoms with Crippen molar-refractivity contribution < 1.29 is 4.42 Å². The fourth-order valence-electron chi connectivity index (χ4n) is 1.05. The molecule has 0 fully saturated rings. The molecule has 0 saturated carbocycles. The van der Waals surface area contributed by atoms with Crippen LogP contribution in [0.4, 0.5) is 5.69 Å². The molecule has 4 heteroatoms. The minimum Gasteiger partial charge on any atom is -0.439 e. The smallest absolute Gasteiger partial charge is 0.260 e. The normalized spacial score (nSPS) is 10.4. The third kappa shape index (κ3) is 1.90. The van der Waals surface area contributed by atoms with Crippen molar-refractivity contribution in [1.82, 2.24) is 4.98 Å². The van der Waals surface area contributed by atoms with Gasteiger partial charge in [0.15, 0.2) is 0 Å². The van der Waals surface area contributed by atoms with E-state index in [2.05, 4.69) is 4.98 Å². The number of para-hydroxylation sites is 1. The first kappa shape index (κ1) is 9.15. The van der Waals surface area contributed by atoms with Crippen LogP contribution in [-0.2, 0) is 0 Å². The Bertz CT molecular complexity index is 439. The van der Waals surface area contributed by atoms with Gasteiger partial charge < -0.3 is 10.2 Å². The highest BCUT2D eigenvalue weighted by Crippen LogP contribution is 2.30. The molecule has 2 N–H and O–H groups in total. The fraction of sp³-hybridized carbons (Fsp3) is 0.100. The van der Waals surface area contributed by atoms with E-state index in [-0.39, 0.29) is 0 Å². The molecule has 1 aromatic carbocycles. The lowest BCUT2D eigenvalue weighted by atomic mass is 10.3. The quantitative estimate of drug-likeness (QED) is 0.767. The van der Waals surface area contributed by atoms with Crippen molar-refractivity contribution >= 4 is 17.4 Å². The molecule has 14 heavy (non-hydrogen) atoms. The molecule has 0 spiro atoms. The molecule has 3 nitrogen and oxygen atoms in total. The Labute approximate surface area is 86.3 Å². The molecule has 0 atom stereocenters. The van der Waals surface area contributed by atoms with Crippen LogP contribution in [-0.4, -0.2) is 4.98 Å². The molecular formula is C10H10N2OS. The summed E-state index contributed by atoms with van der Waals surface area (Å²) in [5.74, 6) is 0. The van der Waals surface area contributed by atoms with Gasteiger partial charge in [-0.3, -0.25) is 0 Å². The van der Waals surface area contributed by atoms with E-state index >= 15 is 0 Å². The van der Waals surface area contributed by atoms with Crippen molar-refractivity contribution in [1.29, 1.82) is 0 Å². The van der Waals surface area contributed by atoms with Crippen LogP contribution in [0.1, 0.15) is 5.69 Å². The van der Waals surface area contributed by atoms with Gasteiger partial charge >= 0.3 is 0 Å². The molecule has 0 radical (unpaired) electrons. The minimum absolute atomic E-state index is 0.625. The molecule has 0 aliphatic carbocycles. The first-order valence-electron chi connectivity index (χ1n) is 4.20. The zero-order valence-electron chi connectivity index (χ0n) is 7.73. The molecule has 0 unspecified atom stereocenters. The van der Waals surface area contributed by atoms with Crippen LogP contribution in [0, 0.1) is 6.92 Å². The van der Waals surface area contributed by atoms with E-state index in [4.69, 9.17) is 10.2 Å². The van der Waals surface area contributed by atoms with Gasteiger partial charge in [-0.2, -0.15) is 0 Å². The van der Waals surface area contributed by atoms with Gasteiger partial charge in [0.05, 0.1) is 5.69 Å². The second-order valence-corrected chi connectivity index (χ2v) is 3.89.